The summed E-state index contributed by atoms with van der Waals surface area (Å²) in [4.78, 5) is 20.6. The number of nitro groups is 1. The topological polar surface area (TPSA) is 78.7 Å². The summed E-state index contributed by atoms with van der Waals surface area (Å²) in [6.07, 6.45) is 0.724. The van der Waals surface area contributed by atoms with E-state index in [0.717, 1.165) is 0 Å². The van der Waals surface area contributed by atoms with Crippen molar-refractivity contribution in [3.05, 3.63) is 27.8 Å². The van der Waals surface area contributed by atoms with E-state index in [1.54, 1.807) is 0 Å². The first-order valence-corrected chi connectivity index (χ1v) is 4.47. The molecule has 0 unspecified atom stereocenters. The van der Waals surface area contributed by atoms with Crippen molar-refractivity contribution in [2.75, 3.05) is 14.2 Å². The molecule has 1 aromatic rings. The van der Waals surface area contributed by atoms with Gasteiger partial charge in [-0.3, -0.25) is 10.1 Å². The number of carbonyl (C=O) groups excluding carboxylic acids is 1. The average molecular weight is 225 g/mol. The Labute approximate surface area is 91.9 Å². The minimum absolute atomic E-state index is 0.0635. The summed E-state index contributed by atoms with van der Waals surface area (Å²) >= 11 is 0. The molecule has 0 aliphatic rings. The lowest BCUT2D eigenvalue weighted by Gasteiger charge is -2.08. The van der Waals surface area contributed by atoms with Crippen LogP contribution in [0.4, 0.5) is 5.69 Å². The Balaban J connectivity index is 3.33. The van der Waals surface area contributed by atoms with Crippen LogP contribution in [-0.4, -0.2) is 25.4 Å². The van der Waals surface area contributed by atoms with Gasteiger partial charge in [0.2, 0.25) is 5.75 Å². The van der Waals surface area contributed by atoms with Gasteiger partial charge in [-0.2, -0.15) is 0 Å². The summed E-state index contributed by atoms with van der Waals surface area (Å²) in [7, 11) is 2.76. The smallest absolute Gasteiger partial charge is 0.311 e. The maximum atomic E-state index is 10.7. The van der Waals surface area contributed by atoms with E-state index in [1.807, 2.05) is 0 Å². The Morgan fingerprint density at radius 3 is 2.38 bits per heavy atom. The molecule has 0 radical (unpaired) electrons. The second-order valence-corrected chi connectivity index (χ2v) is 2.96. The Morgan fingerprint density at radius 2 is 1.94 bits per heavy atom. The van der Waals surface area contributed by atoms with Gasteiger partial charge >= 0.3 is 5.69 Å². The van der Waals surface area contributed by atoms with Gasteiger partial charge in [-0.05, 0) is 0 Å². The van der Waals surface area contributed by atoms with Crippen LogP contribution in [0.1, 0.15) is 5.56 Å². The molecule has 0 atom stereocenters. The van der Waals surface area contributed by atoms with E-state index in [1.165, 1.54) is 26.4 Å². The van der Waals surface area contributed by atoms with Gasteiger partial charge in [-0.25, -0.2) is 0 Å². The van der Waals surface area contributed by atoms with Crippen LogP contribution in [0.25, 0.3) is 0 Å². The van der Waals surface area contributed by atoms with Crippen molar-refractivity contribution >= 4 is 12.0 Å². The summed E-state index contributed by atoms with van der Waals surface area (Å²) in [5, 5.41) is 10.7. The normalized spacial score (nSPS) is 9.62. The number of nitrogens with zero attached hydrogens (tertiary/aromatic N) is 1. The van der Waals surface area contributed by atoms with Crippen LogP contribution < -0.4 is 9.47 Å². The maximum Gasteiger partial charge on any atom is 0.311 e. The van der Waals surface area contributed by atoms with E-state index >= 15 is 0 Å². The predicted molar refractivity (Wildman–Crippen MR) is 56.0 cm³/mol. The third-order valence-electron chi connectivity index (χ3n) is 2.08. The first-order chi connectivity index (χ1) is 7.63. The van der Waals surface area contributed by atoms with Crippen molar-refractivity contribution in [1.82, 2.24) is 0 Å². The summed E-state index contributed by atoms with van der Waals surface area (Å²) in [5.74, 6) is 0.506. The molecule has 16 heavy (non-hydrogen) atoms. The van der Waals surface area contributed by atoms with Crippen LogP contribution in [0.3, 0.4) is 0 Å². The van der Waals surface area contributed by atoms with Gasteiger partial charge < -0.3 is 14.3 Å². The number of aldehydes is 1. The number of hydrogen-bond acceptors (Lipinski definition) is 5. The van der Waals surface area contributed by atoms with E-state index in [-0.39, 0.29) is 17.9 Å². The zero-order valence-electron chi connectivity index (χ0n) is 8.93. The fourth-order valence-electron chi connectivity index (χ4n) is 1.34. The molecule has 0 aromatic heterocycles. The summed E-state index contributed by atoms with van der Waals surface area (Å²) < 4.78 is 9.89. The molecule has 0 aliphatic carbocycles. The van der Waals surface area contributed by atoms with Crippen molar-refractivity contribution in [1.29, 1.82) is 0 Å². The number of rotatable bonds is 5. The first kappa shape index (κ1) is 12.0. The van der Waals surface area contributed by atoms with Crippen LogP contribution in [-0.2, 0) is 11.2 Å². The Kier molecular flexibility index (Phi) is 3.82. The highest BCUT2D eigenvalue weighted by molar-refractivity contribution is 5.62. The second kappa shape index (κ2) is 5.11. The molecule has 0 heterocycles. The van der Waals surface area contributed by atoms with Crippen molar-refractivity contribution in [2.45, 2.75) is 6.42 Å². The summed E-state index contributed by atoms with van der Waals surface area (Å²) in [6, 6.07) is 2.68. The van der Waals surface area contributed by atoms with Gasteiger partial charge in [0.1, 0.15) is 12.0 Å². The van der Waals surface area contributed by atoms with E-state index in [2.05, 4.69) is 0 Å². The quantitative estimate of drug-likeness (QED) is 0.429. The third kappa shape index (κ3) is 2.28. The fourth-order valence-corrected chi connectivity index (χ4v) is 1.34. The Hall–Kier alpha value is -2.11. The minimum Gasteiger partial charge on any atom is -0.496 e. The molecule has 0 bridgehead atoms. The Morgan fingerprint density at radius 1 is 1.31 bits per heavy atom. The largest absolute Gasteiger partial charge is 0.496 e. The molecule has 0 saturated heterocycles. The monoisotopic (exact) mass is 225 g/mol. The molecule has 86 valence electrons. The van der Waals surface area contributed by atoms with Gasteiger partial charge in [-0.1, -0.05) is 0 Å². The third-order valence-corrected chi connectivity index (χ3v) is 2.08. The molecule has 1 aromatic carbocycles. The lowest BCUT2D eigenvalue weighted by molar-refractivity contribution is -0.385. The van der Waals surface area contributed by atoms with Gasteiger partial charge in [0.05, 0.1) is 19.1 Å². The lowest BCUT2D eigenvalue weighted by Crippen LogP contribution is -1.99. The Bertz CT molecular complexity index is 416. The van der Waals surface area contributed by atoms with E-state index in [9.17, 15) is 14.9 Å². The molecule has 0 amide bonds. The standard InChI is InChI=1S/C10H11NO5/c1-15-9-6-10(16-2)8(11(13)14)5-7(9)3-4-12/h4-6H,3H2,1-2H3. The van der Waals surface area contributed by atoms with Crippen molar-refractivity contribution in [2.24, 2.45) is 0 Å². The molecule has 0 spiro atoms. The zero-order chi connectivity index (χ0) is 12.1. The molecular formula is C10H11NO5. The van der Waals surface area contributed by atoms with Crippen molar-refractivity contribution in [3.8, 4) is 11.5 Å². The molecule has 6 nitrogen and oxygen atoms in total. The number of carbonyl (C=O) groups is 1. The average Bonchev–Trinajstić information content (AvgIpc) is 2.28. The number of ether oxygens (including phenoxy) is 2. The number of methoxy groups -OCH3 is 2. The first-order valence-electron chi connectivity index (χ1n) is 4.47. The van der Waals surface area contributed by atoms with Crippen LogP contribution in [0.15, 0.2) is 12.1 Å². The molecule has 0 aliphatic heterocycles. The van der Waals surface area contributed by atoms with Crippen molar-refractivity contribution < 1.29 is 19.2 Å². The van der Waals surface area contributed by atoms with E-state index in [0.29, 0.717) is 17.6 Å². The van der Waals surface area contributed by atoms with Crippen LogP contribution >= 0.6 is 0 Å². The number of nitro benzene ring substituents is 1. The molecule has 1 rings (SSSR count). The SMILES string of the molecule is COc1cc(OC)c([N+](=O)[O-])cc1CC=O. The second-order valence-electron chi connectivity index (χ2n) is 2.96. The summed E-state index contributed by atoms with van der Waals surface area (Å²) in [6.45, 7) is 0. The number of hydrogen-bond donors (Lipinski definition) is 0. The van der Waals surface area contributed by atoms with Crippen LogP contribution in [0.5, 0.6) is 11.5 Å². The van der Waals surface area contributed by atoms with Crippen LogP contribution in [0, 0.1) is 10.1 Å². The van der Waals surface area contributed by atoms with Gasteiger partial charge in [0.15, 0.2) is 0 Å². The fraction of sp³-hybridized carbons (Fsp3) is 0.300. The molecule has 0 fully saturated rings. The molecular weight excluding hydrogens is 214 g/mol. The molecule has 0 saturated carbocycles. The van der Waals surface area contributed by atoms with Gasteiger partial charge in [-0.15, -0.1) is 0 Å². The van der Waals surface area contributed by atoms with Crippen molar-refractivity contribution in [3.63, 3.8) is 0 Å². The zero-order valence-corrected chi connectivity index (χ0v) is 8.93. The van der Waals surface area contributed by atoms with Gasteiger partial charge in [0.25, 0.3) is 0 Å². The minimum atomic E-state index is -0.563. The number of benzene rings is 1. The van der Waals surface area contributed by atoms with E-state index in [4.69, 9.17) is 9.47 Å². The predicted octanol–water partition coefficient (Wildman–Crippen LogP) is 1.35. The highest BCUT2D eigenvalue weighted by atomic mass is 16.6. The van der Waals surface area contributed by atoms with E-state index < -0.39 is 4.92 Å². The highest BCUT2D eigenvalue weighted by Gasteiger charge is 2.19. The van der Waals surface area contributed by atoms with Gasteiger partial charge in [0, 0.05) is 24.1 Å². The summed E-state index contributed by atoms with van der Waals surface area (Å²) in [5.41, 5.74) is 0.283. The lowest BCUT2D eigenvalue weighted by atomic mass is 10.1. The molecule has 0 N–H and O–H groups in total. The highest BCUT2D eigenvalue weighted by Crippen LogP contribution is 2.34. The van der Waals surface area contributed by atoms with Crippen LogP contribution in [0.2, 0.25) is 0 Å². The molecule has 6 heteroatoms. The maximum absolute atomic E-state index is 10.7.